The van der Waals surface area contributed by atoms with Gasteiger partial charge in [-0.15, -0.1) is 0 Å². The van der Waals surface area contributed by atoms with E-state index < -0.39 is 10.0 Å². The van der Waals surface area contributed by atoms with Crippen molar-refractivity contribution in [2.24, 2.45) is 11.8 Å². The molecule has 0 saturated carbocycles. The second-order valence-corrected chi connectivity index (χ2v) is 8.31. The van der Waals surface area contributed by atoms with Gasteiger partial charge in [0, 0.05) is 6.04 Å². The molecule has 0 bridgehead atoms. The molecule has 1 aromatic carbocycles. The third-order valence-electron chi connectivity index (χ3n) is 3.16. The van der Waals surface area contributed by atoms with Gasteiger partial charge in [0.1, 0.15) is 5.75 Å². The Morgan fingerprint density at radius 3 is 2.10 bits per heavy atom. The number of hydrogen-bond donors (Lipinski definition) is 1. The highest BCUT2D eigenvalue weighted by Gasteiger charge is 2.25. The van der Waals surface area contributed by atoms with Crippen LogP contribution in [0.3, 0.4) is 0 Å². The molecule has 0 heterocycles. The zero-order valence-electron chi connectivity index (χ0n) is 12.5. The Kier molecular flexibility index (Phi) is 6.27. The first-order chi connectivity index (χ1) is 9.19. The first-order valence-electron chi connectivity index (χ1n) is 6.55. The lowest BCUT2D eigenvalue weighted by molar-refractivity contribution is 0.355. The van der Waals surface area contributed by atoms with Crippen LogP contribution in [0, 0.1) is 15.4 Å². The summed E-state index contributed by atoms with van der Waals surface area (Å²) in [5.74, 6) is 1.15. The molecule has 0 amide bonds. The highest BCUT2D eigenvalue weighted by molar-refractivity contribution is 14.1. The molecule has 0 radical (unpaired) electrons. The Morgan fingerprint density at radius 2 is 1.70 bits per heavy atom. The highest BCUT2D eigenvalue weighted by atomic mass is 127. The van der Waals surface area contributed by atoms with E-state index in [2.05, 4.69) is 27.3 Å². The van der Waals surface area contributed by atoms with Crippen LogP contribution in [0.15, 0.2) is 23.1 Å². The fourth-order valence-electron chi connectivity index (χ4n) is 2.10. The number of methoxy groups -OCH3 is 1. The van der Waals surface area contributed by atoms with Gasteiger partial charge in [-0.2, -0.15) is 0 Å². The number of benzene rings is 1. The van der Waals surface area contributed by atoms with Crippen LogP contribution in [-0.2, 0) is 10.0 Å². The van der Waals surface area contributed by atoms with Gasteiger partial charge in [0.2, 0.25) is 10.0 Å². The van der Waals surface area contributed by atoms with Crippen LogP contribution >= 0.6 is 22.6 Å². The van der Waals surface area contributed by atoms with E-state index in [-0.39, 0.29) is 22.8 Å². The second-order valence-electron chi connectivity index (χ2n) is 5.43. The summed E-state index contributed by atoms with van der Waals surface area (Å²) in [6, 6.07) is 4.79. The van der Waals surface area contributed by atoms with Gasteiger partial charge in [-0.25, -0.2) is 13.1 Å². The average Bonchev–Trinajstić information content (AvgIpc) is 2.35. The van der Waals surface area contributed by atoms with Crippen molar-refractivity contribution < 1.29 is 13.2 Å². The van der Waals surface area contributed by atoms with Crippen molar-refractivity contribution in [1.82, 2.24) is 4.72 Å². The fourth-order valence-corrected chi connectivity index (χ4v) is 4.61. The van der Waals surface area contributed by atoms with E-state index in [0.717, 1.165) is 3.57 Å². The third-order valence-corrected chi connectivity index (χ3v) is 5.46. The molecule has 0 fully saturated rings. The van der Waals surface area contributed by atoms with E-state index in [1.165, 1.54) is 0 Å². The number of halogens is 1. The summed E-state index contributed by atoms with van der Waals surface area (Å²) >= 11 is 2.07. The van der Waals surface area contributed by atoms with Crippen LogP contribution in [0.2, 0.25) is 0 Å². The predicted octanol–water partition coefficient (Wildman–Crippen LogP) is 3.26. The number of sulfonamides is 1. The molecule has 6 heteroatoms. The molecular weight excluding hydrogens is 389 g/mol. The maximum absolute atomic E-state index is 12.4. The molecule has 0 aliphatic heterocycles. The van der Waals surface area contributed by atoms with E-state index in [9.17, 15) is 8.42 Å². The van der Waals surface area contributed by atoms with Crippen LogP contribution in [0.4, 0.5) is 0 Å². The van der Waals surface area contributed by atoms with Crippen molar-refractivity contribution in [3.63, 3.8) is 0 Å². The van der Waals surface area contributed by atoms with Crippen molar-refractivity contribution in [1.29, 1.82) is 0 Å². The van der Waals surface area contributed by atoms with Gasteiger partial charge in [0.25, 0.3) is 0 Å². The summed E-state index contributed by atoms with van der Waals surface area (Å²) in [5.41, 5.74) is 0. The monoisotopic (exact) mass is 411 g/mol. The lowest BCUT2D eigenvalue weighted by Crippen LogP contribution is -2.42. The molecular formula is C14H22INO3S. The van der Waals surface area contributed by atoms with Crippen LogP contribution in [-0.4, -0.2) is 21.6 Å². The molecule has 1 rings (SSSR count). The SMILES string of the molecule is COc1ccc(S(=O)(=O)NC(C(C)C)C(C)C)cc1I. The molecule has 4 nitrogen and oxygen atoms in total. The van der Waals surface area contributed by atoms with Crippen molar-refractivity contribution in [2.75, 3.05) is 7.11 Å². The molecule has 1 aromatic rings. The molecule has 20 heavy (non-hydrogen) atoms. The lowest BCUT2D eigenvalue weighted by atomic mass is 9.94. The number of hydrogen-bond acceptors (Lipinski definition) is 3. The quantitative estimate of drug-likeness (QED) is 0.732. The summed E-state index contributed by atoms with van der Waals surface area (Å²) < 4.78 is 33.6. The van der Waals surface area contributed by atoms with Gasteiger partial charge in [-0.3, -0.25) is 0 Å². The zero-order valence-corrected chi connectivity index (χ0v) is 15.4. The number of rotatable bonds is 6. The van der Waals surface area contributed by atoms with Crippen molar-refractivity contribution in [3.05, 3.63) is 21.8 Å². The first-order valence-corrected chi connectivity index (χ1v) is 9.11. The van der Waals surface area contributed by atoms with Gasteiger partial charge in [0.15, 0.2) is 0 Å². The minimum atomic E-state index is -3.51. The smallest absolute Gasteiger partial charge is 0.240 e. The van der Waals surface area contributed by atoms with Crippen molar-refractivity contribution >= 4 is 32.6 Å². The maximum Gasteiger partial charge on any atom is 0.240 e. The molecule has 0 spiro atoms. The largest absolute Gasteiger partial charge is 0.496 e. The van der Waals surface area contributed by atoms with Crippen LogP contribution in [0.5, 0.6) is 5.75 Å². The summed E-state index contributed by atoms with van der Waals surface area (Å²) in [6.07, 6.45) is 0. The van der Waals surface area contributed by atoms with Crippen LogP contribution < -0.4 is 9.46 Å². The third kappa shape index (κ3) is 4.33. The fraction of sp³-hybridized carbons (Fsp3) is 0.571. The van der Waals surface area contributed by atoms with Crippen LogP contribution in [0.25, 0.3) is 0 Å². The second kappa shape index (κ2) is 7.09. The highest BCUT2D eigenvalue weighted by Crippen LogP contribution is 2.24. The number of nitrogens with one attached hydrogen (secondary N) is 1. The molecule has 0 aliphatic rings. The van der Waals surface area contributed by atoms with Gasteiger partial charge in [0.05, 0.1) is 15.6 Å². The average molecular weight is 411 g/mol. The number of ether oxygens (including phenoxy) is 1. The standard InChI is InChI=1S/C14H22INO3S/c1-9(2)14(10(3)4)16-20(17,18)11-6-7-13(19-5)12(15)8-11/h6-10,14,16H,1-5H3. The first kappa shape index (κ1) is 17.7. The zero-order chi connectivity index (χ0) is 15.5. The van der Waals surface area contributed by atoms with Gasteiger partial charge < -0.3 is 4.74 Å². The minimum absolute atomic E-state index is 0.0836. The predicted molar refractivity (Wildman–Crippen MR) is 89.5 cm³/mol. The van der Waals surface area contributed by atoms with E-state index in [4.69, 9.17) is 4.74 Å². The normalized spacial score (nSPS) is 12.4. The van der Waals surface area contributed by atoms with E-state index in [1.807, 2.05) is 27.7 Å². The molecule has 0 atom stereocenters. The molecule has 0 aliphatic carbocycles. The maximum atomic E-state index is 12.4. The van der Waals surface area contributed by atoms with Gasteiger partial charge in [-0.1, -0.05) is 27.7 Å². The van der Waals surface area contributed by atoms with E-state index in [0.29, 0.717) is 5.75 Å². The molecule has 0 saturated heterocycles. The molecule has 0 aromatic heterocycles. The summed E-state index contributed by atoms with van der Waals surface area (Å²) in [5, 5.41) is 0. The van der Waals surface area contributed by atoms with Gasteiger partial charge >= 0.3 is 0 Å². The van der Waals surface area contributed by atoms with Crippen molar-refractivity contribution in [3.8, 4) is 5.75 Å². The Morgan fingerprint density at radius 1 is 1.15 bits per heavy atom. The molecule has 114 valence electrons. The summed E-state index contributed by atoms with van der Waals surface area (Å²) in [6.45, 7) is 8.08. The van der Waals surface area contributed by atoms with E-state index >= 15 is 0 Å². The van der Waals surface area contributed by atoms with E-state index in [1.54, 1.807) is 25.3 Å². The summed E-state index contributed by atoms with van der Waals surface area (Å²) in [4.78, 5) is 0.272. The minimum Gasteiger partial charge on any atom is -0.496 e. The Hall–Kier alpha value is -0.340. The topological polar surface area (TPSA) is 55.4 Å². The Balaban J connectivity index is 3.07. The summed E-state index contributed by atoms with van der Waals surface area (Å²) in [7, 11) is -1.94. The molecule has 1 N–H and O–H groups in total. The van der Waals surface area contributed by atoms with Crippen LogP contribution in [0.1, 0.15) is 27.7 Å². The lowest BCUT2D eigenvalue weighted by Gasteiger charge is -2.25. The Labute approximate surface area is 135 Å². The Bertz CT molecular complexity index is 548. The van der Waals surface area contributed by atoms with Crippen molar-refractivity contribution in [2.45, 2.75) is 38.6 Å². The van der Waals surface area contributed by atoms with Gasteiger partial charge in [-0.05, 0) is 52.6 Å². The molecule has 0 unspecified atom stereocenters.